The number of hydrogen-bond donors (Lipinski definition) is 2. The Morgan fingerprint density at radius 1 is 0.975 bits per heavy atom. The van der Waals surface area contributed by atoms with Crippen LogP contribution in [0.15, 0.2) is 35.1 Å². The number of nitrogens with zero attached hydrogens (tertiary/aromatic N) is 8. The SMILES string of the molecule is CCOCC(N=O)C(C)(C)NCC(Cn1ccnc1[N+](=O)[O-])ONC(C)(C)C(CCn1ccnc1[N+](=O)[O-])N=O. The number of hydrogen-bond acceptors (Lipinski definition) is 14. The molecule has 0 fully saturated rings. The molecule has 0 aliphatic heterocycles. The molecule has 18 heteroatoms. The highest BCUT2D eigenvalue weighted by Crippen LogP contribution is 2.21. The van der Waals surface area contributed by atoms with Gasteiger partial charge in [0.1, 0.15) is 49.5 Å². The van der Waals surface area contributed by atoms with Gasteiger partial charge in [0.2, 0.25) is 0 Å². The van der Waals surface area contributed by atoms with Gasteiger partial charge in [0.05, 0.1) is 18.7 Å². The summed E-state index contributed by atoms with van der Waals surface area (Å²) in [5, 5.41) is 32.1. The van der Waals surface area contributed by atoms with Gasteiger partial charge in [0.25, 0.3) is 0 Å². The van der Waals surface area contributed by atoms with Crippen molar-refractivity contribution in [3.8, 4) is 0 Å². The summed E-state index contributed by atoms with van der Waals surface area (Å²) >= 11 is 0. The van der Waals surface area contributed by atoms with Gasteiger partial charge < -0.3 is 30.3 Å². The third-order valence-corrected chi connectivity index (χ3v) is 6.43. The molecule has 0 aliphatic carbocycles. The summed E-state index contributed by atoms with van der Waals surface area (Å²) in [4.78, 5) is 57.9. The predicted molar refractivity (Wildman–Crippen MR) is 142 cm³/mol. The van der Waals surface area contributed by atoms with Crippen molar-refractivity contribution in [1.29, 1.82) is 0 Å². The summed E-state index contributed by atoms with van der Waals surface area (Å²) in [5.41, 5.74) is 0.980. The summed E-state index contributed by atoms with van der Waals surface area (Å²) in [7, 11) is 0. The van der Waals surface area contributed by atoms with E-state index >= 15 is 0 Å². The molecule has 18 nitrogen and oxygen atoms in total. The van der Waals surface area contributed by atoms with Crippen LogP contribution in [0.25, 0.3) is 0 Å². The highest BCUT2D eigenvalue weighted by atomic mass is 16.7. The number of imidazole rings is 2. The van der Waals surface area contributed by atoms with E-state index in [1.165, 1.54) is 33.9 Å². The topological polar surface area (TPSA) is 223 Å². The molecule has 2 N–H and O–H groups in total. The van der Waals surface area contributed by atoms with E-state index in [1.54, 1.807) is 34.6 Å². The number of ether oxygens (including phenoxy) is 1. The zero-order valence-corrected chi connectivity index (χ0v) is 23.1. The molecule has 3 atom stereocenters. The Kier molecular flexibility index (Phi) is 11.8. The second-order valence-electron chi connectivity index (χ2n) is 10.2. The minimum Gasteiger partial charge on any atom is -0.390 e. The van der Waals surface area contributed by atoms with Gasteiger partial charge in [-0.15, -0.1) is 0 Å². The van der Waals surface area contributed by atoms with E-state index in [4.69, 9.17) is 9.57 Å². The minimum atomic E-state index is -1.05. The number of nitrogens with one attached hydrogen (secondary N) is 2. The standard InChI is InChI=1S/C22H36N10O8/c1-6-39-15-18(27-34)21(2,3)25-13-16(14-30-12-9-24-20(30)32(37)38)40-28-22(4,5)17(26-33)7-10-29-11-8-23-19(29)31(35)36/h8-9,11-12,16-18,25,28H,6-7,10,13-15H2,1-5H3. The first-order valence-electron chi connectivity index (χ1n) is 12.6. The number of aromatic nitrogens is 4. The summed E-state index contributed by atoms with van der Waals surface area (Å²) < 4.78 is 7.97. The molecule has 40 heavy (non-hydrogen) atoms. The van der Waals surface area contributed by atoms with Crippen molar-refractivity contribution in [1.82, 2.24) is 29.9 Å². The van der Waals surface area contributed by atoms with Crippen molar-refractivity contribution >= 4 is 11.9 Å². The van der Waals surface area contributed by atoms with Crippen molar-refractivity contribution in [3.05, 3.63) is 54.8 Å². The molecule has 0 amide bonds. The first-order valence-corrected chi connectivity index (χ1v) is 12.6. The van der Waals surface area contributed by atoms with Gasteiger partial charge in [-0.2, -0.15) is 15.3 Å². The largest absolute Gasteiger partial charge is 0.434 e. The average molecular weight is 569 g/mol. The van der Waals surface area contributed by atoms with Crippen molar-refractivity contribution in [2.24, 2.45) is 10.4 Å². The molecule has 2 heterocycles. The van der Waals surface area contributed by atoms with Gasteiger partial charge in [-0.25, -0.2) is 9.13 Å². The molecule has 0 saturated carbocycles. The summed E-state index contributed by atoms with van der Waals surface area (Å²) in [5.74, 6) is -0.736. The lowest BCUT2D eigenvalue weighted by Crippen LogP contribution is -2.55. The van der Waals surface area contributed by atoms with E-state index in [-0.39, 0.29) is 44.6 Å². The Bertz CT molecular complexity index is 1130. The van der Waals surface area contributed by atoms with E-state index in [0.717, 1.165) is 0 Å². The molecule has 3 unspecified atom stereocenters. The maximum absolute atomic E-state index is 11.7. The van der Waals surface area contributed by atoms with Crippen LogP contribution in [0.5, 0.6) is 0 Å². The summed E-state index contributed by atoms with van der Waals surface area (Å²) in [6, 6.07) is -1.60. The highest BCUT2D eigenvalue weighted by molar-refractivity contribution is 5.08. The van der Waals surface area contributed by atoms with Gasteiger partial charge in [0, 0.05) is 25.1 Å². The van der Waals surface area contributed by atoms with Crippen LogP contribution < -0.4 is 10.8 Å². The molecule has 0 radical (unpaired) electrons. The Balaban J connectivity index is 2.15. The number of nitroso groups, excluding NO2 is 2. The van der Waals surface area contributed by atoms with Gasteiger partial charge in [-0.1, -0.05) is 20.3 Å². The normalized spacial score (nSPS) is 14.4. The van der Waals surface area contributed by atoms with Crippen LogP contribution in [0.2, 0.25) is 0 Å². The second-order valence-corrected chi connectivity index (χ2v) is 10.2. The van der Waals surface area contributed by atoms with Gasteiger partial charge in [-0.05, 0) is 44.5 Å². The molecular formula is C22H36N10O8. The zero-order valence-electron chi connectivity index (χ0n) is 23.1. The van der Waals surface area contributed by atoms with E-state index in [2.05, 4.69) is 31.1 Å². The summed E-state index contributed by atoms with van der Waals surface area (Å²) in [6.07, 6.45) is 4.83. The number of aryl methyl sites for hydroxylation is 1. The fourth-order valence-electron chi connectivity index (χ4n) is 3.83. The van der Waals surface area contributed by atoms with Crippen molar-refractivity contribution in [2.45, 2.75) is 83.4 Å². The van der Waals surface area contributed by atoms with Crippen LogP contribution in [0, 0.1) is 30.0 Å². The molecule has 0 aromatic carbocycles. The average Bonchev–Trinajstić information content (AvgIpc) is 3.56. The summed E-state index contributed by atoms with van der Waals surface area (Å²) in [6.45, 7) is 9.42. The maximum Gasteiger partial charge on any atom is 0.434 e. The number of rotatable bonds is 20. The molecule has 222 valence electrons. The highest BCUT2D eigenvalue weighted by Gasteiger charge is 2.35. The van der Waals surface area contributed by atoms with Crippen LogP contribution in [0.4, 0.5) is 11.9 Å². The van der Waals surface area contributed by atoms with E-state index < -0.39 is 39.1 Å². The van der Waals surface area contributed by atoms with Gasteiger partial charge in [0.15, 0.2) is 0 Å². The van der Waals surface area contributed by atoms with E-state index in [1.807, 2.05) is 0 Å². The number of nitro groups is 2. The molecule has 0 saturated heterocycles. The fraction of sp³-hybridized carbons (Fsp3) is 0.727. The Hall–Kier alpha value is -3.74. The minimum absolute atomic E-state index is 0.00641. The third-order valence-electron chi connectivity index (χ3n) is 6.43. The molecular weight excluding hydrogens is 532 g/mol. The van der Waals surface area contributed by atoms with Crippen molar-refractivity contribution in [2.75, 3.05) is 19.8 Å². The molecule has 2 aromatic rings. The Labute approximate surface area is 230 Å². The molecule has 2 aromatic heterocycles. The van der Waals surface area contributed by atoms with E-state index in [0.29, 0.717) is 6.61 Å². The van der Waals surface area contributed by atoms with Crippen LogP contribution in [0.1, 0.15) is 41.0 Å². The zero-order chi connectivity index (χ0) is 29.9. The third kappa shape index (κ3) is 8.90. The van der Waals surface area contributed by atoms with Crippen molar-refractivity contribution in [3.63, 3.8) is 0 Å². The Morgan fingerprint density at radius 2 is 1.55 bits per heavy atom. The Morgan fingerprint density at radius 3 is 2.10 bits per heavy atom. The van der Waals surface area contributed by atoms with Crippen LogP contribution in [0.3, 0.4) is 0 Å². The molecule has 2 rings (SSSR count). The van der Waals surface area contributed by atoms with Gasteiger partial charge >= 0.3 is 11.9 Å². The lowest BCUT2D eigenvalue weighted by atomic mass is 9.93. The lowest BCUT2D eigenvalue weighted by molar-refractivity contribution is -0.397. The fourth-order valence-corrected chi connectivity index (χ4v) is 3.83. The quantitative estimate of drug-likeness (QED) is 0.133. The van der Waals surface area contributed by atoms with Gasteiger partial charge in [-0.3, -0.25) is 4.84 Å². The van der Waals surface area contributed by atoms with E-state index in [9.17, 15) is 30.0 Å². The first-order chi connectivity index (χ1) is 18.9. The monoisotopic (exact) mass is 568 g/mol. The van der Waals surface area contributed by atoms with Crippen LogP contribution >= 0.6 is 0 Å². The molecule has 0 bridgehead atoms. The van der Waals surface area contributed by atoms with Crippen molar-refractivity contribution < 1.29 is 19.4 Å². The molecule has 0 spiro atoms. The number of hydroxylamine groups is 1. The smallest absolute Gasteiger partial charge is 0.390 e. The van der Waals surface area contributed by atoms with Crippen LogP contribution in [-0.4, -0.2) is 78.0 Å². The molecule has 0 aliphatic rings. The maximum atomic E-state index is 11.7. The van der Waals surface area contributed by atoms with Crippen LogP contribution in [-0.2, 0) is 22.7 Å². The first kappa shape index (κ1) is 32.5. The lowest BCUT2D eigenvalue weighted by Gasteiger charge is -2.34. The second kappa shape index (κ2) is 14.6. The predicted octanol–water partition coefficient (Wildman–Crippen LogP) is 2.33.